The predicted molar refractivity (Wildman–Crippen MR) is 133 cm³/mol. The van der Waals surface area contributed by atoms with Crippen LogP contribution in [0.4, 0.5) is 42.1 Å². The van der Waals surface area contributed by atoms with Gasteiger partial charge in [0, 0.05) is 35.7 Å². The molecule has 15 heteroatoms. The van der Waals surface area contributed by atoms with Crippen LogP contribution in [0.5, 0.6) is 0 Å². The highest BCUT2D eigenvalue weighted by atomic mass is 32.2. The third-order valence-corrected chi connectivity index (χ3v) is 6.93. The molecule has 0 aliphatic heterocycles. The van der Waals surface area contributed by atoms with Gasteiger partial charge in [0.25, 0.3) is 11.8 Å². The maximum absolute atomic E-state index is 14.4. The number of allylic oxidation sites excluding steroid dienone is 2. The topological polar surface area (TPSA) is 104 Å². The van der Waals surface area contributed by atoms with Gasteiger partial charge in [0.1, 0.15) is 9.84 Å². The van der Waals surface area contributed by atoms with Gasteiger partial charge in [-0.15, -0.1) is 0 Å². The van der Waals surface area contributed by atoms with Crippen molar-refractivity contribution in [3.8, 4) is 0 Å². The summed E-state index contributed by atoms with van der Waals surface area (Å²) in [6.45, 7) is 2.51. The molecule has 1 aliphatic carbocycles. The minimum absolute atomic E-state index is 0.181. The molecule has 1 aliphatic rings. The van der Waals surface area contributed by atoms with E-state index in [1.807, 2.05) is 0 Å². The molecule has 40 heavy (non-hydrogen) atoms. The smallest absolute Gasteiger partial charge is 0.358 e. The van der Waals surface area contributed by atoms with Crippen molar-refractivity contribution in [2.75, 3.05) is 22.6 Å². The Kier molecular flexibility index (Phi) is 8.31. The van der Waals surface area contributed by atoms with E-state index in [0.29, 0.717) is 18.6 Å². The average molecular weight is 596 g/mol. The van der Waals surface area contributed by atoms with Crippen LogP contribution >= 0.6 is 0 Å². The molecule has 0 saturated carbocycles. The Bertz CT molecular complexity index is 1450. The molecule has 3 rings (SSSR count). The fourth-order valence-electron chi connectivity index (χ4n) is 3.90. The lowest BCUT2D eigenvalue weighted by molar-refractivity contribution is -0.348. The van der Waals surface area contributed by atoms with Crippen LogP contribution in [0.2, 0.25) is 0 Å². The third-order valence-electron chi connectivity index (χ3n) is 5.82. The van der Waals surface area contributed by atoms with E-state index >= 15 is 0 Å². The molecular formula is C25H24F7N3O4S. The second-order valence-electron chi connectivity index (χ2n) is 9.39. The quantitative estimate of drug-likeness (QED) is 0.337. The van der Waals surface area contributed by atoms with Crippen molar-refractivity contribution in [3.63, 3.8) is 0 Å². The molecule has 0 radical (unpaired) electrons. The van der Waals surface area contributed by atoms with Crippen LogP contribution in [-0.2, 0) is 15.5 Å². The van der Waals surface area contributed by atoms with Crippen molar-refractivity contribution >= 4 is 33.0 Å². The van der Waals surface area contributed by atoms with Crippen LogP contribution in [0.25, 0.3) is 0 Å². The second kappa shape index (κ2) is 10.7. The van der Waals surface area contributed by atoms with Crippen molar-refractivity contribution in [2.45, 2.75) is 44.3 Å². The highest BCUT2D eigenvalue weighted by molar-refractivity contribution is 7.90. The predicted octanol–water partition coefficient (Wildman–Crippen LogP) is 5.40. The summed E-state index contributed by atoms with van der Waals surface area (Å²) < 4.78 is 116. The zero-order chi connectivity index (χ0) is 30.3. The highest BCUT2D eigenvalue weighted by Crippen LogP contribution is 2.53. The second-order valence-corrected chi connectivity index (χ2v) is 11.6. The first-order chi connectivity index (χ1) is 18.2. The molecule has 2 amide bonds. The molecule has 0 aromatic heterocycles. The number of aryl methyl sites for hydroxylation is 1. The first-order valence-corrected chi connectivity index (χ1v) is 13.6. The van der Waals surface area contributed by atoms with E-state index in [1.54, 1.807) is 6.08 Å². The van der Waals surface area contributed by atoms with E-state index in [-0.39, 0.29) is 34.1 Å². The summed E-state index contributed by atoms with van der Waals surface area (Å²) in [7, 11) is -3.46. The third kappa shape index (κ3) is 6.74. The molecule has 0 saturated heterocycles. The minimum Gasteiger partial charge on any atom is -0.358 e. The van der Waals surface area contributed by atoms with Gasteiger partial charge in [0.05, 0.1) is 22.6 Å². The number of amides is 2. The molecule has 3 N–H and O–H groups in total. The average Bonchev–Trinajstić information content (AvgIpc) is 3.60. The van der Waals surface area contributed by atoms with Gasteiger partial charge in [-0.05, 0) is 37.6 Å². The van der Waals surface area contributed by atoms with E-state index in [2.05, 4.69) is 16.0 Å². The van der Waals surface area contributed by atoms with Crippen molar-refractivity contribution in [1.29, 1.82) is 0 Å². The van der Waals surface area contributed by atoms with E-state index in [0.717, 1.165) is 18.9 Å². The lowest BCUT2D eigenvalue weighted by atomic mass is 9.92. The van der Waals surface area contributed by atoms with Gasteiger partial charge in [-0.3, -0.25) is 9.59 Å². The number of carbonyl (C=O) groups excluding carboxylic acids is 2. The molecular weight excluding hydrogens is 571 g/mol. The summed E-state index contributed by atoms with van der Waals surface area (Å²) in [5, 5.41) is 7.78. The normalized spacial score (nSPS) is 14.7. The number of carbonyl (C=O) groups is 2. The Hall–Kier alpha value is -3.62. The fourth-order valence-corrected chi connectivity index (χ4v) is 4.90. The van der Waals surface area contributed by atoms with E-state index in [1.165, 1.54) is 25.1 Å². The number of nitrogens with one attached hydrogen (secondary N) is 3. The molecule has 2 aromatic rings. The standard InChI is InChI=1S/C25H24F7N3O4S/c1-13-11-15(23(26,24(27,28)29)25(30,31)32)7-10-18(13)35-21(36)17-5-4-6-19(34-16-8-9-16)20(17)22(37)33-14(2)12-40(3,38)39/h4-8,10-11,14,34H,9,12H2,1-3H3,(H,33,37)(H,35,36). The van der Waals surface area contributed by atoms with Gasteiger partial charge in [-0.25, -0.2) is 12.8 Å². The number of hydrogen-bond acceptors (Lipinski definition) is 5. The zero-order valence-corrected chi connectivity index (χ0v) is 22.0. The van der Waals surface area contributed by atoms with Crippen molar-refractivity contribution < 1.29 is 48.7 Å². The number of hydrogen-bond donors (Lipinski definition) is 3. The first kappa shape index (κ1) is 30.9. The molecule has 7 nitrogen and oxygen atoms in total. The Morgan fingerprint density at radius 3 is 2.05 bits per heavy atom. The number of sulfone groups is 1. The van der Waals surface area contributed by atoms with E-state index in [4.69, 9.17) is 0 Å². The van der Waals surface area contributed by atoms with Crippen LogP contribution in [-0.4, -0.2) is 50.6 Å². The number of halogens is 7. The van der Waals surface area contributed by atoms with Crippen LogP contribution in [0.1, 0.15) is 45.2 Å². The van der Waals surface area contributed by atoms with Gasteiger partial charge >= 0.3 is 18.0 Å². The summed E-state index contributed by atoms with van der Waals surface area (Å²) in [6.07, 6.45) is -9.24. The largest absolute Gasteiger partial charge is 0.435 e. The Morgan fingerprint density at radius 2 is 1.55 bits per heavy atom. The van der Waals surface area contributed by atoms with Crippen molar-refractivity contribution in [1.82, 2.24) is 5.32 Å². The summed E-state index contributed by atoms with van der Waals surface area (Å²) in [5.41, 5.74) is -7.38. The summed E-state index contributed by atoms with van der Waals surface area (Å²) >= 11 is 0. The van der Waals surface area contributed by atoms with Crippen molar-refractivity contribution in [3.05, 3.63) is 70.4 Å². The summed E-state index contributed by atoms with van der Waals surface area (Å²) in [5.74, 6) is -2.16. The number of anilines is 2. The van der Waals surface area contributed by atoms with E-state index < -0.39 is 57.0 Å². The fraction of sp³-hybridized carbons (Fsp3) is 0.360. The maximum atomic E-state index is 14.4. The lowest BCUT2D eigenvalue weighted by Gasteiger charge is -2.30. The molecule has 218 valence electrons. The SMILES string of the molecule is Cc1cc(C(F)(C(F)(F)F)C(F)(F)F)ccc1NC(=O)c1cccc(NC2=CC2)c1C(=O)NC(C)CS(C)(=O)=O. The molecule has 0 spiro atoms. The van der Waals surface area contributed by atoms with Gasteiger partial charge < -0.3 is 16.0 Å². The van der Waals surface area contributed by atoms with Gasteiger partial charge in [-0.2, -0.15) is 26.3 Å². The molecule has 0 fully saturated rings. The van der Waals surface area contributed by atoms with Gasteiger partial charge in [0.15, 0.2) is 0 Å². The maximum Gasteiger partial charge on any atom is 0.435 e. The molecule has 1 atom stereocenters. The van der Waals surface area contributed by atoms with Crippen LogP contribution < -0.4 is 16.0 Å². The van der Waals surface area contributed by atoms with Crippen LogP contribution in [0, 0.1) is 6.92 Å². The van der Waals surface area contributed by atoms with Crippen LogP contribution in [0.15, 0.2) is 48.2 Å². The Balaban J connectivity index is 1.96. The highest BCUT2D eigenvalue weighted by Gasteiger charge is 2.73. The molecule has 1 unspecified atom stereocenters. The minimum atomic E-state index is -6.30. The van der Waals surface area contributed by atoms with E-state index in [9.17, 15) is 48.7 Å². The molecule has 2 aromatic carbocycles. The Morgan fingerprint density at radius 1 is 0.950 bits per heavy atom. The summed E-state index contributed by atoms with van der Waals surface area (Å²) in [4.78, 5) is 26.3. The number of alkyl halides is 7. The number of rotatable bonds is 9. The van der Waals surface area contributed by atoms with Gasteiger partial charge in [0.2, 0.25) is 0 Å². The first-order valence-electron chi connectivity index (χ1n) is 11.6. The summed E-state index contributed by atoms with van der Waals surface area (Å²) in [6, 6.07) is 4.61. The van der Waals surface area contributed by atoms with Crippen LogP contribution in [0.3, 0.4) is 0 Å². The lowest BCUT2D eigenvalue weighted by Crippen LogP contribution is -2.50. The zero-order valence-electron chi connectivity index (χ0n) is 21.2. The Labute approximate surface area is 224 Å². The monoisotopic (exact) mass is 595 g/mol. The van der Waals surface area contributed by atoms with Crippen molar-refractivity contribution in [2.24, 2.45) is 0 Å². The molecule has 0 bridgehead atoms. The van der Waals surface area contributed by atoms with Gasteiger partial charge in [-0.1, -0.05) is 24.3 Å². The number of benzene rings is 2. The molecule has 0 heterocycles.